The van der Waals surface area contributed by atoms with Gasteiger partial charge in [-0.15, -0.1) is 0 Å². The molecule has 1 aromatic rings. The molecule has 0 aromatic carbocycles. The van der Waals surface area contributed by atoms with Gasteiger partial charge in [0.05, 0.1) is 0 Å². The highest BCUT2D eigenvalue weighted by Gasteiger charge is 2.40. The van der Waals surface area contributed by atoms with E-state index in [1.54, 1.807) is 0 Å². The molecule has 0 aliphatic heterocycles. The quantitative estimate of drug-likeness (QED) is 0.627. The van der Waals surface area contributed by atoms with Gasteiger partial charge in [0.25, 0.3) is 0 Å². The number of nitrogens with one attached hydrogen (secondary N) is 2. The summed E-state index contributed by atoms with van der Waals surface area (Å²) in [7, 11) is 0. The van der Waals surface area contributed by atoms with Gasteiger partial charge in [-0.2, -0.15) is 0 Å². The minimum Gasteiger partial charge on any atom is -0.364 e. The Morgan fingerprint density at radius 1 is 1.54 bits per heavy atom. The summed E-state index contributed by atoms with van der Waals surface area (Å²) in [5.74, 6) is 0. The molecule has 0 atom stereocenters. The molecule has 2 rings (SSSR count). The summed E-state index contributed by atoms with van der Waals surface area (Å²) in [5, 5.41) is 3.43. The zero-order chi connectivity index (χ0) is 9.15. The van der Waals surface area contributed by atoms with Gasteiger partial charge < -0.3 is 16.0 Å². The number of aromatic amines is 1. The Kier molecular flexibility index (Phi) is 2.38. The van der Waals surface area contributed by atoms with Crippen LogP contribution in [-0.4, -0.2) is 18.1 Å². The van der Waals surface area contributed by atoms with E-state index in [1.165, 1.54) is 18.5 Å². The predicted octanol–water partition coefficient (Wildman–Crippen LogP) is 0.843. The van der Waals surface area contributed by atoms with Crippen molar-refractivity contribution in [3.63, 3.8) is 0 Å². The average molecular weight is 179 g/mol. The summed E-state index contributed by atoms with van der Waals surface area (Å²) >= 11 is 0. The molecule has 1 aliphatic carbocycles. The van der Waals surface area contributed by atoms with Crippen LogP contribution in [0.4, 0.5) is 0 Å². The molecule has 3 nitrogen and oxygen atoms in total. The van der Waals surface area contributed by atoms with E-state index >= 15 is 0 Å². The number of hydrogen-bond acceptors (Lipinski definition) is 2. The summed E-state index contributed by atoms with van der Waals surface area (Å²) in [5.41, 5.74) is 7.36. The van der Waals surface area contributed by atoms with Crippen molar-refractivity contribution in [3.05, 3.63) is 24.0 Å². The third kappa shape index (κ3) is 2.11. The van der Waals surface area contributed by atoms with Crippen LogP contribution >= 0.6 is 0 Å². The van der Waals surface area contributed by atoms with Gasteiger partial charge in [0.1, 0.15) is 0 Å². The highest BCUT2D eigenvalue weighted by Crippen LogP contribution is 2.43. The largest absolute Gasteiger partial charge is 0.364 e. The highest BCUT2D eigenvalue weighted by atomic mass is 14.9. The summed E-state index contributed by atoms with van der Waals surface area (Å²) in [6, 6.07) is 4.11. The van der Waals surface area contributed by atoms with Gasteiger partial charge in [-0.25, -0.2) is 0 Å². The van der Waals surface area contributed by atoms with Crippen LogP contribution in [0.15, 0.2) is 18.3 Å². The van der Waals surface area contributed by atoms with Crippen molar-refractivity contribution < 1.29 is 0 Å². The van der Waals surface area contributed by atoms with E-state index in [-0.39, 0.29) is 0 Å². The average Bonchev–Trinajstić information content (AvgIpc) is 2.74. The maximum absolute atomic E-state index is 5.68. The Hall–Kier alpha value is -0.800. The second-order valence-electron chi connectivity index (χ2n) is 4.00. The SMILES string of the molecule is NCC1(CNCc2ccc[nH]2)CC1. The third-order valence-corrected chi connectivity index (χ3v) is 2.87. The molecule has 1 fully saturated rings. The van der Waals surface area contributed by atoms with E-state index in [0.29, 0.717) is 5.41 Å². The lowest BCUT2D eigenvalue weighted by Gasteiger charge is -2.12. The van der Waals surface area contributed by atoms with Crippen LogP contribution in [-0.2, 0) is 6.54 Å². The lowest BCUT2D eigenvalue weighted by molar-refractivity contribution is 0.466. The van der Waals surface area contributed by atoms with Gasteiger partial charge >= 0.3 is 0 Å². The zero-order valence-electron chi connectivity index (χ0n) is 7.84. The first kappa shape index (κ1) is 8.78. The van der Waals surface area contributed by atoms with E-state index in [1.807, 2.05) is 12.3 Å². The molecule has 72 valence electrons. The van der Waals surface area contributed by atoms with Crippen molar-refractivity contribution in [2.75, 3.05) is 13.1 Å². The molecule has 4 N–H and O–H groups in total. The number of H-pyrrole nitrogens is 1. The second-order valence-corrected chi connectivity index (χ2v) is 4.00. The van der Waals surface area contributed by atoms with Crippen LogP contribution in [0.25, 0.3) is 0 Å². The van der Waals surface area contributed by atoms with E-state index in [2.05, 4.69) is 16.4 Å². The van der Waals surface area contributed by atoms with Crippen molar-refractivity contribution in [1.82, 2.24) is 10.3 Å². The third-order valence-electron chi connectivity index (χ3n) is 2.87. The fraction of sp³-hybridized carbons (Fsp3) is 0.600. The van der Waals surface area contributed by atoms with E-state index < -0.39 is 0 Å². The molecule has 1 aromatic heterocycles. The maximum atomic E-state index is 5.68. The van der Waals surface area contributed by atoms with Crippen LogP contribution in [0.1, 0.15) is 18.5 Å². The predicted molar refractivity (Wildman–Crippen MR) is 53.2 cm³/mol. The van der Waals surface area contributed by atoms with Gasteiger partial charge in [0.15, 0.2) is 0 Å². The minimum absolute atomic E-state index is 0.437. The van der Waals surface area contributed by atoms with Gasteiger partial charge in [0, 0.05) is 25.0 Å². The van der Waals surface area contributed by atoms with E-state index in [4.69, 9.17) is 5.73 Å². The van der Waals surface area contributed by atoms with Gasteiger partial charge in [-0.1, -0.05) is 0 Å². The molecule has 1 heterocycles. The molecular weight excluding hydrogens is 162 g/mol. The van der Waals surface area contributed by atoms with Crippen molar-refractivity contribution in [2.45, 2.75) is 19.4 Å². The fourth-order valence-corrected chi connectivity index (χ4v) is 1.57. The van der Waals surface area contributed by atoms with Crippen molar-refractivity contribution in [3.8, 4) is 0 Å². The standard InChI is InChI=1S/C10H17N3/c11-7-10(3-4-10)8-12-6-9-2-1-5-13-9/h1-2,5,12-13H,3-4,6-8,11H2. The number of nitrogens with two attached hydrogens (primary N) is 1. The Bertz CT molecular complexity index is 249. The van der Waals surface area contributed by atoms with Gasteiger partial charge in [-0.05, 0) is 36.9 Å². The Morgan fingerprint density at radius 3 is 2.92 bits per heavy atom. The zero-order valence-corrected chi connectivity index (χ0v) is 7.84. The van der Waals surface area contributed by atoms with Gasteiger partial charge in [0.2, 0.25) is 0 Å². The summed E-state index contributed by atoms with van der Waals surface area (Å²) in [4.78, 5) is 3.17. The number of rotatable bonds is 5. The summed E-state index contributed by atoms with van der Waals surface area (Å²) in [6.45, 7) is 2.81. The summed E-state index contributed by atoms with van der Waals surface area (Å²) in [6.07, 6.45) is 4.54. The molecule has 13 heavy (non-hydrogen) atoms. The smallest absolute Gasteiger partial charge is 0.0357 e. The van der Waals surface area contributed by atoms with Crippen LogP contribution in [0, 0.1) is 5.41 Å². The van der Waals surface area contributed by atoms with Crippen LogP contribution in [0.5, 0.6) is 0 Å². The van der Waals surface area contributed by atoms with Crippen LogP contribution < -0.4 is 11.1 Å². The molecular formula is C10H17N3. The first-order chi connectivity index (χ1) is 6.35. The summed E-state index contributed by atoms with van der Waals surface area (Å²) < 4.78 is 0. The molecule has 0 radical (unpaired) electrons. The highest BCUT2D eigenvalue weighted by molar-refractivity contribution is 5.03. The molecule has 1 aliphatic rings. The molecule has 0 saturated heterocycles. The normalized spacial score (nSPS) is 18.8. The molecule has 1 saturated carbocycles. The van der Waals surface area contributed by atoms with E-state index in [9.17, 15) is 0 Å². The molecule has 0 unspecified atom stereocenters. The van der Waals surface area contributed by atoms with Crippen molar-refractivity contribution in [2.24, 2.45) is 11.1 Å². The Labute approximate surface area is 78.7 Å². The first-order valence-corrected chi connectivity index (χ1v) is 4.88. The topological polar surface area (TPSA) is 53.8 Å². The fourth-order valence-electron chi connectivity index (χ4n) is 1.57. The number of hydrogen-bond donors (Lipinski definition) is 3. The molecule has 0 bridgehead atoms. The van der Waals surface area contributed by atoms with E-state index in [0.717, 1.165) is 19.6 Å². The lowest BCUT2D eigenvalue weighted by Crippen LogP contribution is -2.29. The van der Waals surface area contributed by atoms with Crippen molar-refractivity contribution >= 4 is 0 Å². The lowest BCUT2D eigenvalue weighted by atomic mass is 10.1. The first-order valence-electron chi connectivity index (χ1n) is 4.88. The van der Waals surface area contributed by atoms with Crippen LogP contribution in [0.3, 0.4) is 0 Å². The minimum atomic E-state index is 0.437. The molecule has 3 heteroatoms. The van der Waals surface area contributed by atoms with Gasteiger partial charge in [-0.3, -0.25) is 0 Å². The van der Waals surface area contributed by atoms with Crippen LogP contribution in [0.2, 0.25) is 0 Å². The molecule has 0 amide bonds. The monoisotopic (exact) mass is 179 g/mol. The second kappa shape index (κ2) is 3.52. The Balaban J connectivity index is 1.70. The maximum Gasteiger partial charge on any atom is 0.0357 e. The molecule has 0 spiro atoms. The van der Waals surface area contributed by atoms with Crippen molar-refractivity contribution in [1.29, 1.82) is 0 Å². The number of aromatic nitrogens is 1. The Morgan fingerprint density at radius 2 is 2.38 bits per heavy atom.